The van der Waals surface area contributed by atoms with Crippen molar-refractivity contribution in [1.82, 2.24) is 24.8 Å². The first kappa shape index (κ1) is 18.5. The molecule has 2 aromatic heterocycles. The van der Waals surface area contributed by atoms with Gasteiger partial charge in [-0.15, -0.1) is 0 Å². The van der Waals surface area contributed by atoms with E-state index in [9.17, 15) is 9.59 Å². The third-order valence-corrected chi connectivity index (χ3v) is 5.74. The van der Waals surface area contributed by atoms with E-state index in [2.05, 4.69) is 16.9 Å². The normalized spacial score (nSPS) is 21.8. The zero-order valence-corrected chi connectivity index (χ0v) is 16.7. The molecule has 0 aromatic carbocycles. The molecule has 2 aliphatic heterocycles. The van der Waals surface area contributed by atoms with Crippen LogP contribution in [0.5, 0.6) is 0 Å². The molecule has 0 bridgehead atoms. The molecule has 2 aromatic rings. The molecule has 4 rings (SSSR count). The van der Waals surface area contributed by atoms with Gasteiger partial charge in [0, 0.05) is 43.0 Å². The molecular formula is C20H24N6O2. The van der Waals surface area contributed by atoms with Gasteiger partial charge in [-0.2, -0.15) is 0 Å². The number of likely N-dealkylation sites (N-methyl/N-ethyl adjacent to an activating group) is 1. The van der Waals surface area contributed by atoms with Gasteiger partial charge in [-0.05, 0) is 26.7 Å². The molecule has 2 amide bonds. The number of anilines is 1. The van der Waals surface area contributed by atoms with Crippen LogP contribution >= 0.6 is 0 Å². The smallest absolute Gasteiger partial charge is 0.274 e. The molecule has 1 atom stereocenters. The number of hydrogen-bond acceptors (Lipinski definition) is 6. The zero-order chi connectivity index (χ0) is 20.1. The lowest BCUT2D eigenvalue weighted by atomic mass is 9.80. The van der Waals surface area contributed by atoms with Crippen LogP contribution in [0.25, 0.3) is 0 Å². The SMILES string of the molecule is Cc1cnc(C(=O)N2CCC[C@](C)(c3nc(C)c4c(n3)N(C)C(=O)C4)C2)cn1. The molecule has 4 heterocycles. The summed E-state index contributed by atoms with van der Waals surface area (Å²) >= 11 is 0. The van der Waals surface area contributed by atoms with Crippen LogP contribution in [0.3, 0.4) is 0 Å². The molecule has 2 aliphatic rings. The van der Waals surface area contributed by atoms with E-state index in [1.54, 1.807) is 18.1 Å². The molecule has 0 unspecified atom stereocenters. The van der Waals surface area contributed by atoms with Gasteiger partial charge in [0.05, 0.1) is 18.3 Å². The molecule has 0 N–H and O–H groups in total. The summed E-state index contributed by atoms with van der Waals surface area (Å²) in [6.45, 7) is 7.04. The van der Waals surface area contributed by atoms with Crippen molar-refractivity contribution >= 4 is 17.6 Å². The molecule has 8 heteroatoms. The number of fused-ring (bicyclic) bond motifs is 1. The van der Waals surface area contributed by atoms with Gasteiger partial charge >= 0.3 is 0 Å². The van der Waals surface area contributed by atoms with E-state index < -0.39 is 0 Å². The van der Waals surface area contributed by atoms with Crippen LogP contribution in [0.4, 0.5) is 5.82 Å². The third kappa shape index (κ3) is 3.02. The molecule has 0 aliphatic carbocycles. The fourth-order valence-electron chi connectivity index (χ4n) is 3.98. The lowest BCUT2D eigenvalue weighted by Gasteiger charge is -2.39. The highest BCUT2D eigenvalue weighted by atomic mass is 16.2. The quantitative estimate of drug-likeness (QED) is 0.786. The number of piperidine rings is 1. The average Bonchev–Trinajstić information content (AvgIpc) is 2.97. The van der Waals surface area contributed by atoms with Gasteiger partial charge in [-0.3, -0.25) is 19.5 Å². The van der Waals surface area contributed by atoms with E-state index >= 15 is 0 Å². The zero-order valence-electron chi connectivity index (χ0n) is 16.7. The molecule has 8 nitrogen and oxygen atoms in total. The second-order valence-corrected chi connectivity index (χ2v) is 8.00. The summed E-state index contributed by atoms with van der Waals surface area (Å²) in [5, 5.41) is 0. The van der Waals surface area contributed by atoms with Gasteiger partial charge in [-0.1, -0.05) is 6.92 Å². The minimum absolute atomic E-state index is 0.0353. The van der Waals surface area contributed by atoms with E-state index in [-0.39, 0.29) is 17.2 Å². The van der Waals surface area contributed by atoms with Crippen LogP contribution in [0.15, 0.2) is 12.4 Å². The first-order chi connectivity index (χ1) is 13.3. The molecular weight excluding hydrogens is 356 g/mol. The second-order valence-electron chi connectivity index (χ2n) is 8.00. The minimum atomic E-state index is -0.377. The monoisotopic (exact) mass is 380 g/mol. The van der Waals surface area contributed by atoms with Crippen molar-refractivity contribution in [3.63, 3.8) is 0 Å². The number of nitrogens with zero attached hydrogens (tertiary/aromatic N) is 6. The Hall–Kier alpha value is -2.90. The Kier molecular flexibility index (Phi) is 4.36. The van der Waals surface area contributed by atoms with Crippen LogP contribution in [-0.2, 0) is 16.6 Å². The highest BCUT2D eigenvalue weighted by Gasteiger charge is 2.39. The Labute approximate surface area is 164 Å². The van der Waals surface area contributed by atoms with Crippen molar-refractivity contribution in [1.29, 1.82) is 0 Å². The maximum Gasteiger partial charge on any atom is 0.274 e. The van der Waals surface area contributed by atoms with Crippen molar-refractivity contribution in [3.8, 4) is 0 Å². The fourth-order valence-corrected chi connectivity index (χ4v) is 3.98. The average molecular weight is 380 g/mol. The minimum Gasteiger partial charge on any atom is -0.336 e. The summed E-state index contributed by atoms with van der Waals surface area (Å²) in [7, 11) is 1.75. The van der Waals surface area contributed by atoms with Crippen LogP contribution in [-0.4, -0.2) is 56.8 Å². The third-order valence-electron chi connectivity index (χ3n) is 5.74. The van der Waals surface area contributed by atoms with E-state index in [0.717, 1.165) is 29.8 Å². The maximum absolute atomic E-state index is 12.9. The van der Waals surface area contributed by atoms with Crippen molar-refractivity contribution in [2.45, 2.75) is 45.4 Å². The Morgan fingerprint density at radius 2 is 1.96 bits per heavy atom. The molecule has 146 valence electrons. The Balaban J connectivity index is 1.63. The standard InChI is InChI=1S/C20H24N6O2/c1-12-9-22-15(10-21-12)18(28)26-7-5-6-20(3,11-26)19-23-13(2)14-8-16(27)25(4)17(14)24-19/h9-10H,5-8,11H2,1-4H3/t20-/m0/s1. The largest absolute Gasteiger partial charge is 0.336 e. The number of aromatic nitrogens is 4. The molecule has 28 heavy (non-hydrogen) atoms. The number of carbonyl (C=O) groups is 2. The first-order valence-corrected chi connectivity index (χ1v) is 9.51. The fraction of sp³-hybridized carbons (Fsp3) is 0.500. The summed E-state index contributed by atoms with van der Waals surface area (Å²) in [6, 6.07) is 0. The van der Waals surface area contributed by atoms with Crippen LogP contribution in [0.1, 0.15) is 53.0 Å². The molecule has 0 spiro atoms. The summed E-state index contributed by atoms with van der Waals surface area (Å²) in [6.07, 6.45) is 5.23. The number of amides is 2. The lowest BCUT2D eigenvalue weighted by molar-refractivity contribution is -0.117. The van der Waals surface area contributed by atoms with E-state index in [1.165, 1.54) is 6.20 Å². The van der Waals surface area contributed by atoms with Crippen molar-refractivity contribution in [3.05, 3.63) is 40.9 Å². The van der Waals surface area contributed by atoms with E-state index in [0.29, 0.717) is 36.8 Å². The summed E-state index contributed by atoms with van der Waals surface area (Å²) in [4.78, 5) is 46.3. The number of aryl methyl sites for hydroxylation is 2. The maximum atomic E-state index is 12.9. The molecule has 1 saturated heterocycles. The summed E-state index contributed by atoms with van der Waals surface area (Å²) in [5.41, 5.74) is 2.50. The van der Waals surface area contributed by atoms with Crippen molar-refractivity contribution in [2.24, 2.45) is 0 Å². The highest BCUT2D eigenvalue weighted by molar-refractivity contribution is 6.00. The molecule has 1 fully saturated rings. The van der Waals surface area contributed by atoms with Gasteiger partial charge in [-0.25, -0.2) is 15.0 Å². The van der Waals surface area contributed by atoms with Crippen LogP contribution in [0, 0.1) is 13.8 Å². The van der Waals surface area contributed by atoms with Crippen molar-refractivity contribution in [2.75, 3.05) is 25.0 Å². The predicted molar refractivity (Wildman–Crippen MR) is 103 cm³/mol. The first-order valence-electron chi connectivity index (χ1n) is 9.51. The van der Waals surface area contributed by atoms with Gasteiger partial charge in [0.1, 0.15) is 17.3 Å². The molecule has 0 saturated carbocycles. The summed E-state index contributed by atoms with van der Waals surface area (Å²) in [5.74, 6) is 1.30. The van der Waals surface area contributed by atoms with Gasteiger partial charge in [0.25, 0.3) is 5.91 Å². The van der Waals surface area contributed by atoms with Crippen molar-refractivity contribution < 1.29 is 9.59 Å². The number of rotatable bonds is 2. The summed E-state index contributed by atoms with van der Waals surface area (Å²) < 4.78 is 0. The van der Waals surface area contributed by atoms with Crippen LogP contribution in [0.2, 0.25) is 0 Å². The number of hydrogen-bond donors (Lipinski definition) is 0. The Morgan fingerprint density at radius 3 is 2.68 bits per heavy atom. The Morgan fingerprint density at radius 1 is 1.18 bits per heavy atom. The highest BCUT2D eigenvalue weighted by Crippen LogP contribution is 2.36. The number of likely N-dealkylation sites (tertiary alicyclic amines) is 1. The van der Waals surface area contributed by atoms with Gasteiger partial charge in [0.15, 0.2) is 0 Å². The lowest BCUT2D eigenvalue weighted by Crippen LogP contribution is -2.48. The predicted octanol–water partition coefficient (Wildman–Crippen LogP) is 1.60. The topological polar surface area (TPSA) is 92.2 Å². The van der Waals surface area contributed by atoms with Gasteiger partial charge < -0.3 is 4.90 Å². The van der Waals surface area contributed by atoms with Crippen LogP contribution < -0.4 is 4.90 Å². The number of carbonyl (C=O) groups excluding carboxylic acids is 2. The molecule has 0 radical (unpaired) electrons. The van der Waals surface area contributed by atoms with Gasteiger partial charge in [0.2, 0.25) is 5.91 Å². The van der Waals surface area contributed by atoms with E-state index in [4.69, 9.17) is 9.97 Å². The van der Waals surface area contributed by atoms with E-state index in [1.807, 2.05) is 18.7 Å². The Bertz CT molecular complexity index is 958. The second kappa shape index (κ2) is 6.61.